The lowest BCUT2D eigenvalue weighted by Gasteiger charge is -2.62. The molecule has 308 valence electrons. The van der Waals surface area contributed by atoms with E-state index in [-0.39, 0.29) is 72.7 Å². The van der Waals surface area contributed by atoms with Crippen LogP contribution in [-0.2, 0) is 23.8 Å². The van der Waals surface area contributed by atoms with Gasteiger partial charge in [-0.15, -0.1) is 5.92 Å². The molecule has 5 heterocycles. The maximum absolute atomic E-state index is 14.2. The van der Waals surface area contributed by atoms with Crippen molar-refractivity contribution in [2.45, 2.75) is 145 Å². The number of piperidine rings is 2. The van der Waals surface area contributed by atoms with Gasteiger partial charge in [-0.3, -0.25) is 10.5 Å². The zero-order chi connectivity index (χ0) is 39.0. The maximum atomic E-state index is 14.2. The van der Waals surface area contributed by atoms with Crippen LogP contribution in [0.1, 0.15) is 90.9 Å². The molecule has 0 spiro atoms. The lowest BCUT2D eigenvalue weighted by Crippen LogP contribution is -2.95. The standard InChI is InChI=1S/C42H66N4O9/c1-3-23(20-47)41(52)54-32-18-30-38(51)36-31(50)17-28(21-48)53-40(36)37-35(25-12-13-45-34(44)16-25)29(24-6-4-8-27(49)15-24)9-5-7-26(42(32,2)55-39(30)37)14-22-10-11-33(43)46-19-22/h3,22,24-30,32-40,45-49,51H,4,6-8,10-21,43-44H2,1-2H3/p+1/t22?,24?,25?,26-,27?,28?,29-,30?,32+,33?,34?,35+,36?,37?,38?,39?,40?,42+/m1/s1. The van der Waals surface area contributed by atoms with Crippen molar-refractivity contribution in [1.29, 1.82) is 0 Å². The summed E-state index contributed by atoms with van der Waals surface area (Å²) < 4.78 is 20.8. The number of rotatable bonds is 8. The summed E-state index contributed by atoms with van der Waals surface area (Å²) in [7, 11) is 0. The first-order chi connectivity index (χ1) is 26.4. The van der Waals surface area contributed by atoms with Gasteiger partial charge in [0.2, 0.25) is 0 Å². The molecule has 4 saturated heterocycles. The highest BCUT2D eigenvalue weighted by Crippen LogP contribution is 2.57. The number of ether oxygens (including phenoxy) is 3. The second-order valence-electron chi connectivity index (χ2n) is 18.3. The highest BCUT2D eigenvalue weighted by atomic mass is 16.6. The molecule has 2 saturated carbocycles. The summed E-state index contributed by atoms with van der Waals surface area (Å²) in [6.45, 7) is 4.53. The van der Waals surface area contributed by atoms with Crippen LogP contribution in [-0.4, -0.2) is 113 Å². The van der Waals surface area contributed by atoms with Crippen LogP contribution in [0.4, 0.5) is 0 Å². The summed E-state index contributed by atoms with van der Waals surface area (Å²) in [5.74, 6) is 5.04. The van der Waals surface area contributed by atoms with Crippen LogP contribution < -0.4 is 22.1 Å². The Bertz CT molecular complexity index is 1460. The Morgan fingerprint density at radius 2 is 1.89 bits per heavy atom. The number of carbonyl (C=O) groups is 2. The Hall–Kier alpha value is -1.96. The van der Waals surface area contributed by atoms with Gasteiger partial charge >= 0.3 is 5.97 Å². The molecule has 55 heavy (non-hydrogen) atoms. The average molecular weight is 772 g/mol. The first-order valence-electron chi connectivity index (χ1n) is 21.3. The van der Waals surface area contributed by atoms with Gasteiger partial charge in [0.1, 0.15) is 23.7 Å². The van der Waals surface area contributed by atoms with Crippen molar-refractivity contribution >= 4 is 11.8 Å². The van der Waals surface area contributed by atoms with E-state index in [1.165, 1.54) is 0 Å². The monoisotopic (exact) mass is 771 g/mol. The Morgan fingerprint density at radius 1 is 1.07 bits per heavy atom. The molecule has 18 atom stereocenters. The van der Waals surface area contributed by atoms with Gasteiger partial charge in [0.25, 0.3) is 0 Å². The Labute approximate surface area is 326 Å². The fourth-order valence-electron chi connectivity index (χ4n) is 12.1. The molecule has 6 fully saturated rings. The number of hydrogen-bond donors (Lipinski definition) is 8. The van der Waals surface area contributed by atoms with Crippen LogP contribution in [0.2, 0.25) is 0 Å². The molecule has 2 bridgehead atoms. The van der Waals surface area contributed by atoms with Gasteiger partial charge in [-0.25, -0.2) is 4.79 Å². The summed E-state index contributed by atoms with van der Waals surface area (Å²) >= 11 is 0. The first kappa shape index (κ1) is 41.2. The van der Waals surface area contributed by atoms with Crippen molar-refractivity contribution < 1.29 is 49.5 Å². The van der Waals surface area contributed by atoms with E-state index in [0.29, 0.717) is 25.2 Å². The van der Waals surface area contributed by atoms with Crippen molar-refractivity contribution in [3.05, 3.63) is 11.6 Å². The zero-order valence-electron chi connectivity index (χ0n) is 32.8. The third-order valence-electron chi connectivity index (χ3n) is 15.0. The van der Waals surface area contributed by atoms with Gasteiger partial charge in [0, 0.05) is 48.9 Å². The molecule has 0 aromatic rings. The topological polar surface area (TPSA) is 223 Å². The number of fused-ring (bicyclic) bond motifs is 3. The highest BCUT2D eigenvalue weighted by molar-refractivity contribution is 5.88. The smallest absolute Gasteiger partial charge is 0.336 e. The van der Waals surface area contributed by atoms with Crippen molar-refractivity contribution in [2.75, 3.05) is 26.3 Å². The van der Waals surface area contributed by atoms with Crippen LogP contribution in [0.25, 0.3) is 0 Å². The Morgan fingerprint density at radius 3 is 2.58 bits per heavy atom. The van der Waals surface area contributed by atoms with E-state index in [4.69, 9.17) is 25.7 Å². The fourth-order valence-corrected chi connectivity index (χ4v) is 12.1. The summed E-state index contributed by atoms with van der Waals surface area (Å²) in [4.78, 5) is 27.8. The minimum Gasteiger partial charge on any atom is -0.456 e. The van der Waals surface area contributed by atoms with Crippen molar-refractivity contribution in [2.24, 2.45) is 64.7 Å². The minimum atomic E-state index is -1.13. The van der Waals surface area contributed by atoms with Crippen LogP contribution in [0.15, 0.2) is 11.6 Å². The molecule has 7 rings (SSSR count). The summed E-state index contributed by atoms with van der Waals surface area (Å²) in [6.07, 6.45) is 5.21. The van der Waals surface area contributed by atoms with Crippen molar-refractivity contribution in [3.8, 4) is 11.8 Å². The first-order valence-corrected chi connectivity index (χ1v) is 21.3. The molecule has 7 aliphatic rings. The third-order valence-corrected chi connectivity index (χ3v) is 15.0. The van der Waals surface area contributed by atoms with E-state index in [1.807, 2.05) is 6.92 Å². The second-order valence-corrected chi connectivity index (χ2v) is 18.3. The van der Waals surface area contributed by atoms with Gasteiger partial charge in [0.05, 0.1) is 67.9 Å². The number of allylic oxidation sites excluding steroid dienone is 1. The van der Waals surface area contributed by atoms with E-state index in [9.17, 15) is 30.0 Å². The second kappa shape index (κ2) is 17.5. The number of nitrogens with two attached hydrogens (primary N) is 3. The molecule has 5 aliphatic heterocycles. The number of carbonyl (C=O) groups excluding carboxylic acids is 2. The number of hydrogen-bond acceptors (Lipinski definition) is 12. The van der Waals surface area contributed by atoms with Crippen LogP contribution in [0.5, 0.6) is 0 Å². The molecule has 0 amide bonds. The van der Waals surface area contributed by atoms with Crippen LogP contribution in [0, 0.1) is 65.1 Å². The third kappa shape index (κ3) is 8.33. The average Bonchev–Trinajstić information content (AvgIpc) is 3.16. The summed E-state index contributed by atoms with van der Waals surface area (Å²) in [5, 5.41) is 49.5. The van der Waals surface area contributed by atoms with E-state index in [0.717, 1.165) is 58.0 Å². The molecule has 13 nitrogen and oxygen atoms in total. The van der Waals surface area contributed by atoms with E-state index in [2.05, 4.69) is 22.5 Å². The van der Waals surface area contributed by atoms with Gasteiger partial charge in [-0.05, 0) is 89.5 Å². The molecule has 0 radical (unpaired) electrons. The number of nitrogens with one attached hydrogen (secondary N) is 1. The quantitative estimate of drug-likeness (QED) is 0.0933. The van der Waals surface area contributed by atoms with E-state index >= 15 is 0 Å². The van der Waals surface area contributed by atoms with Gasteiger partial charge in [-0.2, -0.15) is 0 Å². The fraction of sp³-hybridized carbons (Fsp3) is 0.857. The molecule has 11 N–H and O–H groups in total. The predicted octanol–water partition coefficient (Wildman–Crippen LogP) is 0.0659. The van der Waals surface area contributed by atoms with Crippen LogP contribution in [0.3, 0.4) is 0 Å². The normalized spacial score (nSPS) is 47.8. The predicted molar refractivity (Wildman–Crippen MR) is 202 cm³/mol. The Kier molecular flexibility index (Phi) is 13.1. The number of aliphatic hydroxyl groups excluding tert-OH is 4. The van der Waals surface area contributed by atoms with E-state index in [1.54, 1.807) is 13.0 Å². The largest absolute Gasteiger partial charge is 0.456 e. The minimum absolute atomic E-state index is 0.00204. The van der Waals surface area contributed by atoms with Gasteiger partial charge < -0.3 is 51.0 Å². The van der Waals surface area contributed by atoms with Gasteiger partial charge in [-0.1, -0.05) is 18.4 Å². The molecule has 2 aliphatic carbocycles. The number of Topliss-reactive ketones (excluding diaryl/α,β-unsaturated/α-hetero) is 1. The number of quaternary nitrogens is 1. The molecular formula is C42H67N4O9+. The molecular weight excluding hydrogens is 704 g/mol. The number of aliphatic hydroxyl groups is 4. The summed E-state index contributed by atoms with van der Waals surface area (Å²) in [6, 6.07) is 0. The van der Waals surface area contributed by atoms with Gasteiger partial charge in [0.15, 0.2) is 0 Å². The number of ketones is 1. The maximum Gasteiger partial charge on any atom is 0.336 e. The van der Waals surface area contributed by atoms with Crippen molar-refractivity contribution in [3.63, 3.8) is 0 Å². The zero-order valence-corrected chi connectivity index (χ0v) is 32.8. The van der Waals surface area contributed by atoms with Crippen LogP contribution >= 0.6 is 0 Å². The molecule has 13 heteroatoms. The Balaban J connectivity index is 1.40. The van der Waals surface area contributed by atoms with E-state index < -0.39 is 72.6 Å². The number of esters is 1. The lowest BCUT2D eigenvalue weighted by atomic mass is 9.53. The lowest BCUT2D eigenvalue weighted by molar-refractivity contribution is -0.703. The van der Waals surface area contributed by atoms with Crippen molar-refractivity contribution in [1.82, 2.24) is 5.32 Å². The molecule has 0 aromatic heterocycles. The SMILES string of the molecule is CC=C(CO)C(=O)O[C@H]1CC2C(O)C3C(=O)CC(CO)OC3C3C2O[C@@]1(C)[C@@H](CC1CCC(N)[NH2+]C1)CC#C[C@H](C1CCCC(O)C1)[C@@H]3C1CCNC(N)C1. The molecule has 13 unspecified atom stereocenters. The molecule has 0 aromatic carbocycles. The highest BCUT2D eigenvalue weighted by Gasteiger charge is 2.65. The summed E-state index contributed by atoms with van der Waals surface area (Å²) in [5.41, 5.74) is 12.0.